The SMILES string of the molecule is Cc1c(C(F)(F)F)nnc(N2CCC3(CC2)CC3)c1C(=O)Nc1cccc(S(C)(=N)=O)c1. The summed E-state index contributed by atoms with van der Waals surface area (Å²) in [5.41, 5.74) is -1.08. The van der Waals surface area contributed by atoms with Crippen molar-refractivity contribution in [2.75, 3.05) is 29.6 Å². The van der Waals surface area contributed by atoms with Crippen molar-refractivity contribution < 1.29 is 22.2 Å². The van der Waals surface area contributed by atoms with Gasteiger partial charge in [0.25, 0.3) is 5.91 Å². The zero-order valence-corrected chi connectivity index (χ0v) is 18.6. The van der Waals surface area contributed by atoms with E-state index in [1.54, 1.807) is 0 Å². The number of aromatic nitrogens is 2. The molecule has 0 bridgehead atoms. The summed E-state index contributed by atoms with van der Waals surface area (Å²) in [7, 11) is -3.02. The number of anilines is 2. The highest BCUT2D eigenvalue weighted by atomic mass is 32.2. The van der Waals surface area contributed by atoms with Crippen molar-refractivity contribution in [3.63, 3.8) is 0 Å². The van der Waals surface area contributed by atoms with Gasteiger partial charge in [-0.15, -0.1) is 10.2 Å². The van der Waals surface area contributed by atoms with Gasteiger partial charge in [-0.2, -0.15) is 13.2 Å². The minimum absolute atomic E-state index is 0.138. The first-order valence-corrected chi connectivity index (χ1v) is 12.2. The van der Waals surface area contributed by atoms with Crippen molar-refractivity contribution in [3.05, 3.63) is 41.1 Å². The number of alkyl halides is 3. The van der Waals surface area contributed by atoms with Crippen LogP contribution in [-0.2, 0) is 15.9 Å². The van der Waals surface area contributed by atoms with E-state index in [9.17, 15) is 22.2 Å². The number of halogens is 3. The molecular weight excluding hydrogens is 443 g/mol. The van der Waals surface area contributed by atoms with E-state index >= 15 is 0 Å². The maximum atomic E-state index is 13.5. The highest BCUT2D eigenvalue weighted by Gasteiger charge is 2.45. The zero-order valence-electron chi connectivity index (χ0n) is 17.8. The number of hydrogen-bond acceptors (Lipinski definition) is 6. The molecule has 1 saturated carbocycles. The zero-order chi connectivity index (χ0) is 23.3. The Kier molecular flexibility index (Phi) is 5.43. The fourth-order valence-corrected chi connectivity index (χ4v) is 4.84. The molecule has 1 spiro atoms. The summed E-state index contributed by atoms with van der Waals surface area (Å²) < 4.78 is 60.2. The van der Waals surface area contributed by atoms with E-state index in [1.807, 2.05) is 4.90 Å². The third-order valence-corrected chi connectivity index (χ3v) is 7.47. The van der Waals surface area contributed by atoms with Gasteiger partial charge in [0.2, 0.25) is 0 Å². The van der Waals surface area contributed by atoms with Crippen molar-refractivity contribution in [1.29, 1.82) is 4.78 Å². The molecule has 2 N–H and O–H groups in total. The predicted molar refractivity (Wildman–Crippen MR) is 114 cm³/mol. The number of hydrogen-bond donors (Lipinski definition) is 2. The van der Waals surface area contributed by atoms with Gasteiger partial charge in [-0.1, -0.05) is 6.07 Å². The lowest BCUT2D eigenvalue weighted by molar-refractivity contribution is -0.142. The monoisotopic (exact) mass is 467 g/mol. The summed E-state index contributed by atoms with van der Waals surface area (Å²) >= 11 is 0. The second-order valence-corrected chi connectivity index (χ2v) is 10.8. The fourth-order valence-electron chi connectivity index (χ4n) is 4.15. The Morgan fingerprint density at radius 2 is 1.84 bits per heavy atom. The molecule has 7 nitrogen and oxygen atoms in total. The molecule has 1 unspecified atom stereocenters. The van der Waals surface area contributed by atoms with E-state index in [4.69, 9.17) is 4.78 Å². The van der Waals surface area contributed by atoms with Crippen LogP contribution in [0.1, 0.15) is 47.3 Å². The number of nitrogens with zero attached hydrogens (tertiary/aromatic N) is 3. The molecule has 32 heavy (non-hydrogen) atoms. The Labute approximate surface area is 184 Å². The van der Waals surface area contributed by atoms with E-state index in [-0.39, 0.29) is 27.5 Å². The van der Waals surface area contributed by atoms with Crippen LogP contribution in [0.2, 0.25) is 0 Å². The highest BCUT2D eigenvalue weighted by Crippen LogP contribution is 2.54. The van der Waals surface area contributed by atoms with Gasteiger partial charge in [0.1, 0.15) is 0 Å². The maximum absolute atomic E-state index is 13.5. The second kappa shape index (κ2) is 7.72. The third kappa shape index (κ3) is 4.43. The fraction of sp³-hybridized carbons (Fsp3) is 0.476. The quantitative estimate of drug-likeness (QED) is 0.691. The molecule has 1 aliphatic heterocycles. The molecule has 11 heteroatoms. The second-order valence-electron chi connectivity index (χ2n) is 8.68. The van der Waals surface area contributed by atoms with Gasteiger partial charge < -0.3 is 10.2 Å². The molecule has 2 fully saturated rings. The Hall–Kier alpha value is -2.69. The van der Waals surface area contributed by atoms with Gasteiger partial charge in [0.15, 0.2) is 11.5 Å². The third-order valence-electron chi connectivity index (χ3n) is 6.32. The molecule has 0 radical (unpaired) electrons. The molecule has 1 aliphatic carbocycles. The van der Waals surface area contributed by atoms with Gasteiger partial charge in [0.05, 0.1) is 15.3 Å². The minimum Gasteiger partial charge on any atom is -0.354 e. The van der Waals surface area contributed by atoms with Gasteiger partial charge >= 0.3 is 6.18 Å². The normalized spacial score (nSPS) is 19.5. The van der Waals surface area contributed by atoms with Crippen molar-refractivity contribution in [2.45, 2.75) is 43.7 Å². The average Bonchev–Trinajstić information content (AvgIpc) is 3.45. The summed E-state index contributed by atoms with van der Waals surface area (Å²) in [5.74, 6) is -0.617. The van der Waals surface area contributed by atoms with E-state index < -0.39 is 27.5 Å². The van der Waals surface area contributed by atoms with Gasteiger partial charge in [0, 0.05) is 29.9 Å². The number of carbonyl (C=O) groups is 1. The predicted octanol–water partition coefficient (Wildman–Crippen LogP) is 4.47. The molecule has 1 amide bonds. The summed E-state index contributed by atoms with van der Waals surface area (Å²) in [6.45, 7) is 2.43. The molecule has 1 aromatic carbocycles. The Balaban J connectivity index is 1.71. The number of carbonyl (C=O) groups excluding carboxylic acids is 1. The van der Waals surface area contributed by atoms with Crippen LogP contribution in [0.3, 0.4) is 0 Å². The van der Waals surface area contributed by atoms with Crippen LogP contribution in [0.5, 0.6) is 0 Å². The standard InChI is InChI=1S/C21H24F3N5O2S/c1-13-16(19(30)26-14-4-3-5-15(12-14)32(2,25)31)18(28-27-17(13)21(22,23)24)29-10-8-20(6-7-20)9-11-29/h3-5,12,25H,6-11H2,1-2H3,(H,26,30). The Morgan fingerprint density at radius 3 is 2.41 bits per heavy atom. The largest absolute Gasteiger partial charge is 0.435 e. The topological polar surface area (TPSA) is 99.0 Å². The van der Waals surface area contributed by atoms with Crippen molar-refractivity contribution in [1.82, 2.24) is 10.2 Å². The first kappa shape index (κ1) is 22.5. The summed E-state index contributed by atoms with van der Waals surface area (Å²) in [4.78, 5) is 15.2. The molecule has 2 heterocycles. The molecule has 1 saturated heterocycles. The lowest BCUT2D eigenvalue weighted by atomic mass is 9.93. The molecule has 1 aromatic heterocycles. The Bertz CT molecular complexity index is 1170. The van der Waals surface area contributed by atoms with E-state index in [0.717, 1.165) is 12.8 Å². The number of rotatable bonds is 4. The smallest absolute Gasteiger partial charge is 0.354 e. The lowest BCUT2D eigenvalue weighted by Gasteiger charge is -2.34. The molecule has 4 rings (SSSR count). The number of amides is 1. The molecule has 1 atom stereocenters. The van der Waals surface area contributed by atoms with Crippen LogP contribution in [-0.4, -0.2) is 39.7 Å². The minimum atomic E-state index is -4.75. The van der Waals surface area contributed by atoms with Crippen molar-refractivity contribution in [2.24, 2.45) is 5.41 Å². The Morgan fingerprint density at radius 1 is 1.19 bits per heavy atom. The number of nitrogens with one attached hydrogen (secondary N) is 2. The lowest BCUT2D eigenvalue weighted by Crippen LogP contribution is -2.37. The van der Waals surface area contributed by atoms with Crippen LogP contribution in [0.15, 0.2) is 29.2 Å². The van der Waals surface area contributed by atoms with Crippen LogP contribution < -0.4 is 10.2 Å². The van der Waals surface area contributed by atoms with Gasteiger partial charge in [-0.25, -0.2) is 8.99 Å². The van der Waals surface area contributed by atoms with E-state index in [2.05, 4.69) is 15.5 Å². The van der Waals surface area contributed by atoms with Crippen molar-refractivity contribution in [3.8, 4) is 0 Å². The molecular formula is C21H24F3N5O2S. The van der Waals surface area contributed by atoms with Crippen LogP contribution in [0, 0.1) is 17.1 Å². The first-order valence-electron chi connectivity index (χ1n) is 10.2. The molecule has 172 valence electrons. The van der Waals surface area contributed by atoms with E-state index in [0.29, 0.717) is 18.5 Å². The van der Waals surface area contributed by atoms with Crippen LogP contribution in [0.25, 0.3) is 0 Å². The highest BCUT2D eigenvalue weighted by molar-refractivity contribution is 7.91. The molecule has 2 aromatic rings. The van der Waals surface area contributed by atoms with Gasteiger partial charge in [-0.05, 0) is 61.8 Å². The molecule has 2 aliphatic rings. The number of benzene rings is 1. The van der Waals surface area contributed by atoms with Crippen molar-refractivity contribution >= 4 is 27.1 Å². The summed E-state index contributed by atoms with van der Waals surface area (Å²) in [5, 5.41) is 9.84. The maximum Gasteiger partial charge on any atom is 0.435 e. The first-order chi connectivity index (χ1) is 14.9. The van der Waals surface area contributed by atoms with Crippen LogP contribution >= 0.6 is 0 Å². The average molecular weight is 468 g/mol. The number of piperidine rings is 1. The van der Waals surface area contributed by atoms with E-state index in [1.165, 1.54) is 50.3 Å². The van der Waals surface area contributed by atoms with Gasteiger partial charge in [-0.3, -0.25) is 4.79 Å². The summed E-state index contributed by atoms with van der Waals surface area (Å²) in [6, 6.07) is 5.94. The summed E-state index contributed by atoms with van der Waals surface area (Å²) in [6.07, 6.45) is 0.654. The van der Waals surface area contributed by atoms with Crippen LogP contribution in [0.4, 0.5) is 24.7 Å².